The molecule has 1 N–H and O–H groups in total. The molecule has 2 heterocycles. The molecule has 3 aromatic rings. The van der Waals surface area contributed by atoms with Gasteiger partial charge in [0.05, 0.1) is 23.7 Å². The highest BCUT2D eigenvalue weighted by Crippen LogP contribution is 2.37. The average molecular weight is 705 g/mol. The van der Waals surface area contributed by atoms with Crippen LogP contribution in [-0.4, -0.2) is 72.6 Å². The number of aryl methyl sites for hydroxylation is 3. The van der Waals surface area contributed by atoms with Crippen LogP contribution in [-0.2, 0) is 16.0 Å². The second-order valence-electron chi connectivity index (χ2n) is 13.0. The zero-order valence-electron chi connectivity index (χ0n) is 27.4. The van der Waals surface area contributed by atoms with E-state index in [4.69, 9.17) is 9.47 Å². The van der Waals surface area contributed by atoms with Crippen molar-refractivity contribution in [2.24, 2.45) is 0 Å². The Bertz CT molecular complexity index is 1660. The van der Waals surface area contributed by atoms with Crippen LogP contribution in [0.2, 0.25) is 0 Å². The maximum Gasteiger partial charge on any atom is 0.252 e. The second kappa shape index (κ2) is 14.6. The Balaban J connectivity index is 1.18. The van der Waals surface area contributed by atoms with E-state index < -0.39 is 0 Å². The number of nitrogens with zero attached hydrogens (tertiary/aromatic N) is 2. The Kier molecular flexibility index (Phi) is 10.3. The molecule has 6 rings (SSSR count). The molecule has 1 saturated carbocycles. The molecule has 2 aliphatic heterocycles. The van der Waals surface area contributed by atoms with Gasteiger partial charge in [-0.1, -0.05) is 30.3 Å². The van der Waals surface area contributed by atoms with Crippen molar-refractivity contribution in [1.29, 1.82) is 0 Å². The lowest BCUT2D eigenvalue weighted by Gasteiger charge is -2.44. The van der Waals surface area contributed by atoms with Crippen molar-refractivity contribution in [3.8, 4) is 11.5 Å². The van der Waals surface area contributed by atoms with Gasteiger partial charge in [-0.3, -0.25) is 9.59 Å². The van der Waals surface area contributed by atoms with Gasteiger partial charge in [0.2, 0.25) is 5.91 Å². The minimum absolute atomic E-state index is 0.0377. The van der Waals surface area contributed by atoms with Crippen LogP contribution >= 0.6 is 15.9 Å². The summed E-state index contributed by atoms with van der Waals surface area (Å²) in [4.78, 5) is 30.8. The molecule has 47 heavy (non-hydrogen) atoms. The highest BCUT2D eigenvalue weighted by Gasteiger charge is 2.42. The summed E-state index contributed by atoms with van der Waals surface area (Å²) in [5, 5.41) is 3.67. The molecule has 3 aliphatic rings. The first-order chi connectivity index (χ1) is 22.7. The predicted molar refractivity (Wildman–Crippen MR) is 185 cm³/mol. The van der Waals surface area contributed by atoms with E-state index >= 15 is 0 Å². The van der Waals surface area contributed by atoms with Crippen LogP contribution in [0.3, 0.4) is 0 Å². The first kappa shape index (κ1) is 33.2. The van der Waals surface area contributed by atoms with Gasteiger partial charge < -0.3 is 24.6 Å². The number of ether oxygens (including phenoxy) is 2. The molecule has 2 amide bonds. The van der Waals surface area contributed by atoms with E-state index in [1.54, 1.807) is 13.0 Å². The number of hydrogen-bond donors (Lipinski definition) is 1. The average Bonchev–Trinajstić information content (AvgIpc) is 3.90. The van der Waals surface area contributed by atoms with Gasteiger partial charge >= 0.3 is 0 Å². The van der Waals surface area contributed by atoms with Crippen LogP contribution < -0.4 is 14.8 Å². The van der Waals surface area contributed by atoms with Crippen molar-refractivity contribution < 1.29 is 23.5 Å². The predicted octanol–water partition coefficient (Wildman–Crippen LogP) is 6.63. The van der Waals surface area contributed by atoms with Crippen LogP contribution in [0.25, 0.3) is 5.57 Å². The third-order valence-electron chi connectivity index (χ3n) is 9.47. The number of hydrogen-bond acceptors (Lipinski definition) is 5. The standard InChI is InChI=1S/C38H43BrFN3O4/c1-24-6-14-32(19-25(24)2)46-18-16-43(31-12-13-31)38(45)37-33(21-30-22-42(26(3)44)23-35(37)41-30)28-9-7-27(8-10-28)5-4-17-47-36-20-29(40)11-15-34(36)39/h6-11,14-15,19-20,30-31,35,41H,4-5,12-13,16-18,21-23H2,1-3H3/t30?,35-/m1/s1. The minimum atomic E-state index is -0.326. The number of fused-ring (bicyclic) bond motifs is 2. The molecule has 1 aliphatic carbocycles. The monoisotopic (exact) mass is 703 g/mol. The number of amides is 2. The van der Waals surface area contributed by atoms with Crippen molar-refractivity contribution in [3.63, 3.8) is 0 Å². The summed E-state index contributed by atoms with van der Waals surface area (Å²) in [6, 6.07) is 19.1. The first-order valence-electron chi connectivity index (χ1n) is 16.6. The van der Waals surface area contributed by atoms with Crippen molar-refractivity contribution in [2.75, 3.05) is 32.8 Å². The number of piperazine rings is 1. The maximum atomic E-state index is 14.5. The van der Waals surface area contributed by atoms with E-state index in [9.17, 15) is 14.0 Å². The fourth-order valence-electron chi connectivity index (χ4n) is 6.60. The van der Waals surface area contributed by atoms with Gasteiger partial charge in [0.1, 0.15) is 23.9 Å². The van der Waals surface area contributed by atoms with Gasteiger partial charge in [-0.15, -0.1) is 0 Å². The lowest BCUT2D eigenvalue weighted by atomic mass is 9.82. The molecule has 1 saturated heterocycles. The molecular formula is C38H43BrFN3O4. The van der Waals surface area contributed by atoms with Crippen molar-refractivity contribution >= 4 is 33.3 Å². The first-order valence-corrected chi connectivity index (χ1v) is 17.4. The summed E-state index contributed by atoms with van der Waals surface area (Å²) < 4.78 is 26.2. The summed E-state index contributed by atoms with van der Waals surface area (Å²) >= 11 is 3.41. The number of nitrogens with one attached hydrogen (secondary N) is 1. The van der Waals surface area contributed by atoms with E-state index in [2.05, 4.69) is 65.4 Å². The topological polar surface area (TPSA) is 71.1 Å². The van der Waals surface area contributed by atoms with Gasteiger partial charge in [-0.05, 0) is 114 Å². The second-order valence-corrected chi connectivity index (χ2v) is 13.8. The van der Waals surface area contributed by atoms with Gasteiger partial charge in [0.25, 0.3) is 5.91 Å². The largest absolute Gasteiger partial charge is 0.492 e. The van der Waals surface area contributed by atoms with Gasteiger partial charge in [0.15, 0.2) is 0 Å². The quantitative estimate of drug-likeness (QED) is 0.215. The Morgan fingerprint density at radius 2 is 1.77 bits per heavy atom. The van der Waals surface area contributed by atoms with Crippen LogP contribution in [0.15, 0.2) is 70.7 Å². The molecule has 2 bridgehead atoms. The molecule has 1 unspecified atom stereocenters. The molecule has 3 aromatic carbocycles. The zero-order chi connectivity index (χ0) is 33.1. The molecule has 2 atom stereocenters. The Morgan fingerprint density at radius 1 is 0.979 bits per heavy atom. The molecule has 0 radical (unpaired) electrons. The SMILES string of the molecule is CC(=O)N1CC2CC(c3ccc(CCCOc4cc(F)ccc4Br)cc3)=C(C(=O)N(CCOc3ccc(C)c(C)c3)C3CC3)[C@@H](C1)N2. The number of carbonyl (C=O) groups excluding carboxylic acids is 2. The number of halogens is 2. The molecule has 2 fully saturated rings. The maximum absolute atomic E-state index is 14.5. The van der Waals surface area contributed by atoms with E-state index in [1.807, 2.05) is 21.9 Å². The fraction of sp³-hybridized carbons (Fsp3) is 0.421. The summed E-state index contributed by atoms with van der Waals surface area (Å²) in [6.07, 6.45) is 4.26. The van der Waals surface area contributed by atoms with E-state index in [-0.39, 0.29) is 35.8 Å². The van der Waals surface area contributed by atoms with Crippen LogP contribution in [0, 0.1) is 19.7 Å². The normalized spacial score (nSPS) is 19.0. The summed E-state index contributed by atoms with van der Waals surface area (Å²) in [5.74, 6) is 1.07. The van der Waals surface area contributed by atoms with Gasteiger partial charge in [0, 0.05) is 43.7 Å². The highest BCUT2D eigenvalue weighted by molar-refractivity contribution is 9.10. The summed E-state index contributed by atoms with van der Waals surface area (Å²) in [5.41, 5.74) is 6.46. The van der Waals surface area contributed by atoms with E-state index in [0.29, 0.717) is 45.0 Å². The lowest BCUT2D eigenvalue weighted by Crippen LogP contribution is -2.62. The molecule has 9 heteroatoms. The molecular weight excluding hydrogens is 661 g/mol. The third kappa shape index (κ3) is 8.07. The fourth-order valence-corrected chi connectivity index (χ4v) is 6.96. The van der Waals surface area contributed by atoms with Crippen molar-refractivity contribution in [2.45, 2.75) is 71.0 Å². The zero-order valence-corrected chi connectivity index (χ0v) is 28.9. The molecule has 0 aromatic heterocycles. The van der Waals surface area contributed by atoms with Gasteiger partial charge in [-0.2, -0.15) is 0 Å². The Morgan fingerprint density at radius 3 is 2.49 bits per heavy atom. The van der Waals surface area contributed by atoms with Crippen molar-refractivity contribution in [3.05, 3.63) is 98.8 Å². The highest BCUT2D eigenvalue weighted by atomic mass is 79.9. The minimum Gasteiger partial charge on any atom is -0.492 e. The number of benzene rings is 3. The van der Waals surface area contributed by atoms with Crippen LogP contribution in [0.4, 0.5) is 4.39 Å². The molecule has 248 valence electrons. The van der Waals surface area contributed by atoms with Gasteiger partial charge in [-0.25, -0.2) is 4.39 Å². The smallest absolute Gasteiger partial charge is 0.252 e. The van der Waals surface area contributed by atoms with Crippen molar-refractivity contribution in [1.82, 2.24) is 15.1 Å². The Labute approximate surface area is 285 Å². The summed E-state index contributed by atoms with van der Waals surface area (Å²) in [6.45, 7) is 8.27. The molecule has 7 nitrogen and oxygen atoms in total. The third-order valence-corrected chi connectivity index (χ3v) is 10.1. The van der Waals surface area contributed by atoms with Crippen LogP contribution in [0.5, 0.6) is 11.5 Å². The van der Waals surface area contributed by atoms with E-state index in [0.717, 1.165) is 52.6 Å². The molecule has 0 spiro atoms. The Hall–Kier alpha value is -3.69. The number of carbonyl (C=O) groups is 2. The lowest BCUT2D eigenvalue weighted by molar-refractivity contribution is -0.132. The van der Waals surface area contributed by atoms with Crippen LogP contribution in [0.1, 0.15) is 54.9 Å². The summed E-state index contributed by atoms with van der Waals surface area (Å²) in [7, 11) is 0. The van der Waals surface area contributed by atoms with E-state index in [1.165, 1.54) is 28.8 Å². The number of rotatable bonds is 12.